The van der Waals surface area contributed by atoms with E-state index in [-0.39, 0.29) is 42.1 Å². The fourth-order valence-electron chi connectivity index (χ4n) is 5.01. The van der Waals surface area contributed by atoms with Gasteiger partial charge in [-0.2, -0.15) is 0 Å². The molecule has 0 bridgehead atoms. The van der Waals surface area contributed by atoms with Gasteiger partial charge in [0, 0.05) is 31.1 Å². The van der Waals surface area contributed by atoms with Crippen molar-refractivity contribution in [2.45, 2.75) is 57.2 Å². The van der Waals surface area contributed by atoms with Crippen molar-refractivity contribution in [3.63, 3.8) is 0 Å². The van der Waals surface area contributed by atoms with E-state index in [0.29, 0.717) is 5.56 Å². The van der Waals surface area contributed by atoms with Crippen LogP contribution in [0.25, 0.3) is 0 Å². The lowest BCUT2D eigenvalue weighted by atomic mass is 9.94. The molecule has 2 amide bonds. The summed E-state index contributed by atoms with van der Waals surface area (Å²) >= 11 is 0. The Morgan fingerprint density at radius 2 is 1.73 bits per heavy atom. The van der Waals surface area contributed by atoms with Crippen LogP contribution in [0.15, 0.2) is 72.8 Å². The summed E-state index contributed by atoms with van der Waals surface area (Å²) < 4.78 is 24.5. The first-order valence-electron chi connectivity index (χ1n) is 13.7. The van der Waals surface area contributed by atoms with Gasteiger partial charge in [-0.3, -0.25) is 19.7 Å². The van der Waals surface area contributed by atoms with Gasteiger partial charge in [-0.15, -0.1) is 0 Å². The van der Waals surface area contributed by atoms with Gasteiger partial charge < -0.3 is 19.7 Å². The molecule has 1 N–H and O–H groups in total. The average Bonchev–Trinajstić information content (AvgIpc) is 2.99. The fraction of sp³-hybridized carbons (Fsp3) is 0.355. The Morgan fingerprint density at radius 3 is 2.39 bits per heavy atom. The number of hydrogen-bond donors (Lipinski definition) is 1. The van der Waals surface area contributed by atoms with E-state index in [1.54, 1.807) is 12.1 Å². The first kappa shape index (κ1) is 29.5. The Kier molecular flexibility index (Phi) is 10.3. The number of nitrogens with zero attached hydrogens (tertiary/aromatic N) is 2. The first-order valence-corrected chi connectivity index (χ1v) is 13.7. The van der Waals surface area contributed by atoms with Crippen molar-refractivity contribution in [2.24, 2.45) is 0 Å². The van der Waals surface area contributed by atoms with Crippen molar-refractivity contribution < 1.29 is 28.4 Å². The molecule has 0 aliphatic heterocycles. The van der Waals surface area contributed by atoms with Crippen molar-refractivity contribution in [1.82, 2.24) is 10.2 Å². The van der Waals surface area contributed by atoms with Crippen LogP contribution in [0.2, 0.25) is 0 Å². The number of nitrogens with one attached hydrogen (secondary N) is 1. The minimum atomic E-state index is -0.855. The Balaban J connectivity index is 1.61. The summed E-state index contributed by atoms with van der Waals surface area (Å²) in [6.07, 6.45) is 5.27. The summed E-state index contributed by atoms with van der Waals surface area (Å²) in [5.74, 6) is -0.928. The van der Waals surface area contributed by atoms with E-state index in [4.69, 9.17) is 9.47 Å². The summed E-state index contributed by atoms with van der Waals surface area (Å²) in [4.78, 5) is 39.7. The maximum Gasteiger partial charge on any atom is 0.311 e. The average molecular weight is 564 g/mol. The lowest BCUT2D eigenvalue weighted by Crippen LogP contribution is -2.53. The van der Waals surface area contributed by atoms with Crippen LogP contribution in [-0.4, -0.2) is 47.4 Å². The Bertz CT molecular complexity index is 1330. The van der Waals surface area contributed by atoms with Crippen LogP contribution in [0.3, 0.4) is 0 Å². The number of hydrogen-bond acceptors (Lipinski definition) is 6. The molecule has 216 valence electrons. The molecule has 0 unspecified atom stereocenters. The highest BCUT2D eigenvalue weighted by atomic mass is 19.1. The highest BCUT2D eigenvalue weighted by Gasteiger charge is 2.32. The van der Waals surface area contributed by atoms with E-state index in [0.717, 1.165) is 37.7 Å². The zero-order valence-corrected chi connectivity index (χ0v) is 23.0. The minimum Gasteiger partial charge on any atom is -0.490 e. The van der Waals surface area contributed by atoms with Gasteiger partial charge in [-0.25, -0.2) is 4.39 Å². The molecule has 1 fully saturated rings. The fourth-order valence-corrected chi connectivity index (χ4v) is 5.01. The van der Waals surface area contributed by atoms with E-state index in [9.17, 15) is 24.1 Å². The molecule has 0 saturated heterocycles. The maximum absolute atomic E-state index is 13.8. The number of nitro benzene ring substituents is 1. The third kappa shape index (κ3) is 8.26. The van der Waals surface area contributed by atoms with E-state index in [2.05, 4.69) is 5.32 Å². The molecule has 1 aliphatic carbocycles. The second kappa shape index (κ2) is 14.2. The number of benzene rings is 3. The quantitative estimate of drug-likeness (QED) is 0.239. The van der Waals surface area contributed by atoms with Crippen LogP contribution in [-0.2, 0) is 22.6 Å². The van der Waals surface area contributed by atoms with Crippen LogP contribution in [0.4, 0.5) is 10.1 Å². The standard InChI is InChI=1S/C31H34FN3O6/c1-40-29-19-26(16-17-27(29)35(38)39)41-21-30(36)34(20-23-12-14-24(32)15-13-23)28(18-22-8-4-2-5-9-22)31(37)33-25-10-6-3-7-11-25/h2,4-5,8-9,12-17,19,25,28H,3,6-7,10-11,18,20-21H2,1H3,(H,33,37)/t28-/m0/s1. The van der Waals surface area contributed by atoms with Crippen LogP contribution >= 0.6 is 0 Å². The Morgan fingerprint density at radius 1 is 1.02 bits per heavy atom. The summed E-state index contributed by atoms with van der Waals surface area (Å²) in [6.45, 7) is -0.369. The van der Waals surface area contributed by atoms with Crippen LogP contribution < -0.4 is 14.8 Å². The van der Waals surface area contributed by atoms with Crippen molar-refractivity contribution >= 4 is 17.5 Å². The third-order valence-electron chi connectivity index (χ3n) is 7.20. The molecule has 0 heterocycles. The van der Waals surface area contributed by atoms with Crippen LogP contribution in [0.1, 0.15) is 43.2 Å². The van der Waals surface area contributed by atoms with Crippen molar-refractivity contribution in [3.8, 4) is 11.5 Å². The normalized spacial score (nSPS) is 14.1. The Labute approximate surface area is 238 Å². The number of halogens is 1. The maximum atomic E-state index is 13.8. The van der Waals surface area contributed by atoms with Gasteiger partial charge >= 0.3 is 5.69 Å². The predicted octanol–water partition coefficient (Wildman–Crippen LogP) is 5.21. The summed E-state index contributed by atoms with van der Waals surface area (Å²) in [5, 5.41) is 14.4. The number of rotatable bonds is 12. The van der Waals surface area contributed by atoms with E-state index < -0.39 is 29.3 Å². The van der Waals surface area contributed by atoms with Gasteiger partial charge in [0.15, 0.2) is 6.61 Å². The molecular weight excluding hydrogens is 529 g/mol. The summed E-state index contributed by atoms with van der Waals surface area (Å²) in [6, 6.07) is 18.4. The smallest absolute Gasteiger partial charge is 0.311 e. The highest BCUT2D eigenvalue weighted by Crippen LogP contribution is 2.31. The molecule has 3 aromatic carbocycles. The SMILES string of the molecule is COc1cc(OCC(=O)N(Cc2ccc(F)cc2)[C@@H](Cc2ccccc2)C(=O)NC2CCCCC2)ccc1[N+](=O)[O-]. The molecule has 10 heteroatoms. The topological polar surface area (TPSA) is 111 Å². The summed E-state index contributed by atoms with van der Waals surface area (Å²) in [5.41, 5.74) is 1.31. The van der Waals surface area contributed by atoms with E-state index >= 15 is 0 Å². The van der Waals surface area contributed by atoms with Crippen LogP contribution in [0.5, 0.6) is 11.5 Å². The largest absolute Gasteiger partial charge is 0.490 e. The van der Waals surface area contributed by atoms with Gasteiger partial charge in [-0.05, 0) is 42.2 Å². The zero-order valence-electron chi connectivity index (χ0n) is 23.0. The van der Waals surface area contributed by atoms with E-state index in [1.807, 2.05) is 30.3 Å². The Hall–Kier alpha value is -4.47. The molecule has 1 aliphatic rings. The molecule has 0 spiro atoms. The molecule has 1 saturated carbocycles. The number of carbonyl (C=O) groups is 2. The first-order chi connectivity index (χ1) is 19.8. The van der Waals surface area contributed by atoms with Gasteiger partial charge in [0.2, 0.25) is 11.7 Å². The zero-order chi connectivity index (χ0) is 29.2. The van der Waals surface area contributed by atoms with Crippen molar-refractivity contribution in [3.05, 3.63) is 99.9 Å². The molecule has 0 aromatic heterocycles. The second-order valence-corrected chi connectivity index (χ2v) is 10.1. The second-order valence-electron chi connectivity index (χ2n) is 10.1. The number of ether oxygens (including phenoxy) is 2. The number of carbonyl (C=O) groups excluding carboxylic acids is 2. The number of methoxy groups -OCH3 is 1. The molecule has 4 rings (SSSR count). The highest BCUT2D eigenvalue weighted by molar-refractivity contribution is 5.88. The van der Waals surface area contributed by atoms with Gasteiger partial charge in [0.25, 0.3) is 5.91 Å². The molecule has 0 radical (unpaired) electrons. The molecule has 1 atom stereocenters. The predicted molar refractivity (Wildman–Crippen MR) is 151 cm³/mol. The van der Waals surface area contributed by atoms with Gasteiger partial charge in [-0.1, -0.05) is 61.7 Å². The monoisotopic (exact) mass is 563 g/mol. The van der Waals surface area contributed by atoms with Crippen LogP contribution in [0, 0.1) is 15.9 Å². The minimum absolute atomic E-state index is 0.00284. The summed E-state index contributed by atoms with van der Waals surface area (Å²) in [7, 11) is 1.31. The molecule has 41 heavy (non-hydrogen) atoms. The van der Waals surface area contributed by atoms with Crippen molar-refractivity contribution in [2.75, 3.05) is 13.7 Å². The van der Waals surface area contributed by atoms with Crippen molar-refractivity contribution in [1.29, 1.82) is 0 Å². The van der Waals surface area contributed by atoms with E-state index in [1.165, 1.54) is 42.3 Å². The molecular formula is C31H34FN3O6. The van der Waals surface area contributed by atoms with Gasteiger partial charge in [0.1, 0.15) is 17.6 Å². The lowest BCUT2D eigenvalue weighted by molar-refractivity contribution is -0.385. The molecule has 9 nitrogen and oxygen atoms in total. The lowest BCUT2D eigenvalue weighted by Gasteiger charge is -2.33. The molecule has 3 aromatic rings. The number of nitro groups is 1. The third-order valence-corrected chi connectivity index (χ3v) is 7.20. The number of amides is 2. The van der Waals surface area contributed by atoms with Gasteiger partial charge in [0.05, 0.1) is 12.0 Å².